The molecule has 3 nitrogen and oxygen atoms in total. The van der Waals surface area contributed by atoms with Crippen molar-refractivity contribution in [1.82, 2.24) is 5.32 Å². The second-order valence-electron chi connectivity index (χ2n) is 5.52. The van der Waals surface area contributed by atoms with Gasteiger partial charge in [0.25, 0.3) is 0 Å². The van der Waals surface area contributed by atoms with Crippen molar-refractivity contribution in [3.63, 3.8) is 0 Å². The van der Waals surface area contributed by atoms with Gasteiger partial charge in [0, 0.05) is 18.1 Å². The Labute approximate surface area is 94.6 Å². The zero-order chi connectivity index (χ0) is 12.1. The van der Waals surface area contributed by atoms with Crippen LogP contribution in [0.25, 0.3) is 0 Å². The van der Waals surface area contributed by atoms with E-state index < -0.39 is 9.84 Å². The van der Waals surface area contributed by atoms with Gasteiger partial charge in [-0.1, -0.05) is 20.8 Å². The van der Waals surface area contributed by atoms with Gasteiger partial charge in [0.1, 0.15) is 9.84 Å². The molecule has 1 unspecified atom stereocenters. The predicted octanol–water partition coefficient (Wildman–Crippen LogP) is 1.84. The van der Waals surface area contributed by atoms with E-state index >= 15 is 0 Å². The standard InChI is InChI=1S/C11H25NO2S/c1-11(2,3)9-10(12-4)7-6-8-15(5,13)14/h10,12H,6-9H2,1-5H3. The monoisotopic (exact) mass is 235 g/mol. The van der Waals surface area contributed by atoms with Crippen molar-refractivity contribution in [1.29, 1.82) is 0 Å². The molecule has 0 heterocycles. The van der Waals surface area contributed by atoms with E-state index in [1.54, 1.807) is 0 Å². The molecule has 0 fully saturated rings. The van der Waals surface area contributed by atoms with Gasteiger partial charge in [-0.25, -0.2) is 8.42 Å². The number of rotatable bonds is 6. The van der Waals surface area contributed by atoms with E-state index in [1.165, 1.54) is 6.26 Å². The van der Waals surface area contributed by atoms with Crippen molar-refractivity contribution in [3.05, 3.63) is 0 Å². The van der Waals surface area contributed by atoms with Gasteiger partial charge >= 0.3 is 0 Å². The maximum absolute atomic E-state index is 11.0. The molecule has 0 bridgehead atoms. The topological polar surface area (TPSA) is 46.2 Å². The van der Waals surface area contributed by atoms with Crippen LogP contribution in [0, 0.1) is 5.41 Å². The van der Waals surface area contributed by atoms with E-state index in [0.29, 0.717) is 17.2 Å². The van der Waals surface area contributed by atoms with Crippen molar-refractivity contribution >= 4 is 9.84 Å². The number of hydrogen-bond donors (Lipinski definition) is 1. The van der Waals surface area contributed by atoms with Crippen LogP contribution in [0.5, 0.6) is 0 Å². The summed E-state index contributed by atoms with van der Waals surface area (Å²) in [5.41, 5.74) is 0.290. The van der Waals surface area contributed by atoms with E-state index in [4.69, 9.17) is 0 Å². The van der Waals surface area contributed by atoms with Gasteiger partial charge in [-0.05, 0) is 31.7 Å². The van der Waals surface area contributed by atoms with E-state index in [2.05, 4.69) is 26.1 Å². The molecule has 0 aromatic heterocycles. The maximum Gasteiger partial charge on any atom is 0.147 e. The van der Waals surface area contributed by atoms with E-state index in [1.807, 2.05) is 7.05 Å². The highest BCUT2D eigenvalue weighted by atomic mass is 32.2. The van der Waals surface area contributed by atoms with Gasteiger partial charge in [0.2, 0.25) is 0 Å². The smallest absolute Gasteiger partial charge is 0.147 e. The molecule has 0 aliphatic heterocycles. The molecule has 0 saturated carbocycles. The van der Waals surface area contributed by atoms with Crippen molar-refractivity contribution < 1.29 is 8.42 Å². The zero-order valence-electron chi connectivity index (χ0n) is 10.6. The summed E-state index contributed by atoms with van der Waals surface area (Å²) in [6, 6.07) is 0.423. The average molecular weight is 235 g/mol. The quantitative estimate of drug-likeness (QED) is 0.764. The second-order valence-corrected chi connectivity index (χ2v) is 7.78. The lowest BCUT2D eigenvalue weighted by Gasteiger charge is -2.25. The van der Waals surface area contributed by atoms with Gasteiger partial charge in [-0.2, -0.15) is 0 Å². The lowest BCUT2D eigenvalue weighted by Crippen LogP contribution is -2.30. The number of sulfone groups is 1. The van der Waals surface area contributed by atoms with Gasteiger partial charge < -0.3 is 5.32 Å². The van der Waals surface area contributed by atoms with Crippen LogP contribution >= 0.6 is 0 Å². The summed E-state index contributed by atoms with van der Waals surface area (Å²) in [7, 11) is -0.858. The normalized spacial score (nSPS) is 15.3. The van der Waals surface area contributed by atoms with Crippen LogP contribution < -0.4 is 5.32 Å². The third-order valence-corrected chi connectivity index (χ3v) is 3.36. The first-order valence-corrected chi connectivity index (χ1v) is 7.55. The maximum atomic E-state index is 11.0. The Morgan fingerprint density at radius 3 is 2.13 bits per heavy atom. The third-order valence-electron chi connectivity index (χ3n) is 2.33. The fourth-order valence-electron chi connectivity index (χ4n) is 1.68. The molecule has 0 aromatic carbocycles. The predicted molar refractivity (Wildman–Crippen MR) is 65.9 cm³/mol. The second kappa shape index (κ2) is 5.85. The van der Waals surface area contributed by atoms with Crippen molar-refractivity contribution in [2.75, 3.05) is 19.1 Å². The van der Waals surface area contributed by atoms with Crippen LogP contribution in [0.2, 0.25) is 0 Å². The summed E-state index contributed by atoms with van der Waals surface area (Å²) in [6.45, 7) is 6.61. The van der Waals surface area contributed by atoms with Gasteiger partial charge in [0.05, 0.1) is 0 Å². The van der Waals surface area contributed by atoms with E-state index in [-0.39, 0.29) is 0 Å². The van der Waals surface area contributed by atoms with Crippen molar-refractivity contribution in [3.8, 4) is 0 Å². The first-order chi connectivity index (χ1) is 6.64. The lowest BCUT2D eigenvalue weighted by atomic mass is 9.87. The average Bonchev–Trinajstić information content (AvgIpc) is 1.97. The SMILES string of the molecule is CNC(CCCS(C)(=O)=O)CC(C)(C)C. The molecule has 0 amide bonds. The summed E-state index contributed by atoms with van der Waals surface area (Å²) in [5, 5.41) is 3.25. The molecule has 1 N–H and O–H groups in total. The summed E-state index contributed by atoms with van der Waals surface area (Å²) in [4.78, 5) is 0. The van der Waals surface area contributed by atoms with Crippen molar-refractivity contribution in [2.24, 2.45) is 5.41 Å². The fourth-order valence-corrected chi connectivity index (χ4v) is 2.37. The third kappa shape index (κ3) is 10.2. The lowest BCUT2D eigenvalue weighted by molar-refractivity contribution is 0.306. The van der Waals surface area contributed by atoms with E-state index in [9.17, 15) is 8.42 Å². The molecule has 1 atom stereocenters. The van der Waals surface area contributed by atoms with Crippen molar-refractivity contribution in [2.45, 2.75) is 46.1 Å². The van der Waals surface area contributed by atoms with E-state index in [0.717, 1.165) is 19.3 Å². The summed E-state index contributed by atoms with van der Waals surface area (Å²) < 4.78 is 21.9. The molecule has 4 heteroatoms. The first kappa shape index (κ1) is 14.9. The van der Waals surface area contributed by atoms with Gasteiger partial charge in [0.15, 0.2) is 0 Å². The minimum Gasteiger partial charge on any atom is -0.317 e. The molecule has 0 spiro atoms. The number of nitrogens with one attached hydrogen (secondary N) is 1. The molecule has 0 aliphatic carbocycles. The Bertz CT molecular complexity index is 265. The molecule has 15 heavy (non-hydrogen) atoms. The Morgan fingerprint density at radius 2 is 1.80 bits per heavy atom. The molecule has 0 rings (SSSR count). The molecule has 0 aliphatic rings. The Kier molecular flexibility index (Phi) is 5.81. The van der Waals surface area contributed by atoms with Crippen LogP contribution in [0.1, 0.15) is 40.0 Å². The van der Waals surface area contributed by atoms with Crippen LogP contribution in [-0.2, 0) is 9.84 Å². The Hall–Kier alpha value is -0.0900. The summed E-state index contributed by atoms with van der Waals surface area (Å²) in [5.74, 6) is 0.301. The van der Waals surface area contributed by atoms with Crippen LogP contribution in [-0.4, -0.2) is 33.5 Å². The molecular weight excluding hydrogens is 210 g/mol. The first-order valence-electron chi connectivity index (χ1n) is 5.49. The highest BCUT2D eigenvalue weighted by Crippen LogP contribution is 2.22. The highest BCUT2D eigenvalue weighted by molar-refractivity contribution is 7.90. The number of hydrogen-bond acceptors (Lipinski definition) is 3. The van der Waals surface area contributed by atoms with Crippen LogP contribution in [0.15, 0.2) is 0 Å². The largest absolute Gasteiger partial charge is 0.317 e. The highest BCUT2D eigenvalue weighted by Gasteiger charge is 2.17. The molecule has 92 valence electrons. The molecule has 0 aromatic rings. The van der Waals surface area contributed by atoms with Gasteiger partial charge in [-0.15, -0.1) is 0 Å². The Balaban J connectivity index is 3.92. The van der Waals surface area contributed by atoms with Gasteiger partial charge in [-0.3, -0.25) is 0 Å². The molecule has 0 saturated heterocycles. The molecular formula is C11H25NO2S. The fraction of sp³-hybridized carbons (Fsp3) is 1.00. The van der Waals surface area contributed by atoms with Crippen LogP contribution in [0.4, 0.5) is 0 Å². The summed E-state index contributed by atoms with van der Waals surface area (Å²) >= 11 is 0. The van der Waals surface area contributed by atoms with Crippen LogP contribution in [0.3, 0.4) is 0 Å². The minimum absolute atomic E-state index is 0.290. The minimum atomic E-state index is -2.80. The molecule has 0 radical (unpaired) electrons. The summed E-state index contributed by atoms with van der Waals surface area (Å²) in [6.07, 6.45) is 4.06. The zero-order valence-corrected chi connectivity index (χ0v) is 11.4. The Morgan fingerprint density at radius 1 is 1.27 bits per heavy atom.